The minimum absolute atomic E-state index is 0.00903. The molecule has 73 heavy (non-hydrogen) atoms. The van der Waals surface area contributed by atoms with Crippen molar-refractivity contribution in [2.24, 2.45) is 0 Å². The van der Waals surface area contributed by atoms with Crippen LogP contribution in [0.1, 0.15) is 34.1 Å². The summed E-state index contributed by atoms with van der Waals surface area (Å²) < 4.78 is 14.1. The zero-order valence-electron chi connectivity index (χ0n) is 44.8. The Bertz CT molecular complexity index is 2040. The van der Waals surface area contributed by atoms with E-state index < -0.39 is 41.8 Å². The molecule has 0 atom stereocenters. The first kappa shape index (κ1) is 70.2. The van der Waals surface area contributed by atoms with Crippen LogP contribution < -0.4 is 35.4 Å². The number of quaternary nitrogens is 4. The van der Waals surface area contributed by atoms with Gasteiger partial charge in [0, 0.05) is 35.3 Å². The summed E-state index contributed by atoms with van der Waals surface area (Å²) in [6.07, 6.45) is 7.25. The van der Waals surface area contributed by atoms with Crippen molar-refractivity contribution < 1.29 is 101 Å². The Labute approximate surface area is 429 Å². The molecule has 0 radical (unpaired) electrons. The number of hydrogen-bond acceptors (Lipinski definition) is 16. The van der Waals surface area contributed by atoms with Crippen molar-refractivity contribution in [3.63, 3.8) is 0 Å². The standard InChI is InChI=1S/C11H18N2O3.C11H20N2O3.2C10H17NO4.C7H8N2O2/c1-9(2)11(16)12-4-6-13(3,7-5-12)8-10(14)15;1-9(2)11(16)12-6-5-7-13(3,4)8-10(14)15;2*1-8(2)10(14)15-6-5-11(3,4)7-9(12)13;1-2-8-3-4-9(6-8)5-7(10)11/h1,4-8H2,2-3H3;1,5-8H2,2-4H3,(H-,12,14,15,16);2*1,5-7H2,2-4H3;2-4,6H,1,5H2. The molecular formula is C49H80N8O16. The molecule has 2 amide bonds. The van der Waals surface area contributed by atoms with Crippen LogP contribution in [-0.4, -0.2) is 222 Å². The van der Waals surface area contributed by atoms with Crippen molar-refractivity contribution in [1.82, 2.24) is 14.8 Å². The van der Waals surface area contributed by atoms with Gasteiger partial charge < -0.3 is 87.1 Å². The van der Waals surface area contributed by atoms with Gasteiger partial charge in [-0.15, -0.1) is 0 Å². The number of piperazine rings is 1. The van der Waals surface area contributed by atoms with Gasteiger partial charge in [0.25, 0.3) is 0 Å². The number of imidazole rings is 1. The van der Waals surface area contributed by atoms with E-state index in [-0.39, 0.29) is 66.7 Å². The Morgan fingerprint density at radius 2 is 1.05 bits per heavy atom. The predicted molar refractivity (Wildman–Crippen MR) is 258 cm³/mol. The summed E-state index contributed by atoms with van der Waals surface area (Å²) in [5.74, 6) is -6.55. The van der Waals surface area contributed by atoms with Crippen LogP contribution in [0.3, 0.4) is 0 Å². The van der Waals surface area contributed by atoms with E-state index in [4.69, 9.17) is 9.47 Å². The zero-order chi connectivity index (χ0) is 57.5. The highest BCUT2D eigenvalue weighted by Gasteiger charge is 2.31. The van der Waals surface area contributed by atoms with Crippen LogP contribution in [0.2, 0.25) is 0 Å². The third-order valence-electron chi connectivity index (χ3n) is 10.1. The Morgan fingerprint density at radius 3 is 1.37 bits per heavy atom. The van der Waals surface area contributed by atoms with Gasteiger partial charge in [-0.25, -0.2) is 18.7 Å². The molecule has 0 bridgehead atoms. The molecule has 2 heterocycles. The summed E-state index contributed by atoms with van der Waals surface area (Å²) in [4.78, 5) is 98.3. The van der Waals surface area contributed by atoms with E-state index in [1.54, 1.807) is 90.3 Å². The number of nitrogens with one attached hydrogen (secondary N) is 1. The number of carbonyl (C=O) groups excluding carboxylic acids is 9. The summed E-state index contributed by atoms with van der Waals surface area (Å²) in [6.45, 7) is 28.5. The van der Waals surface area contributed by atoms with E-state index in [0.29, 0.717) is 83.6 Å². The molecule has 24 nitrogen and oxygen atoms in total. The molecule has 1 saturated heterocycles. The molecule has 1 aliphatic rings. The van der Waals surface area contributed by atoms with Crippen LogP contribution in [0, 0.1) is 0 Å². The van der Waals surface area contributed by atoms with Gasteiger partial charge in [0.05, 0.1) is 118 Å². The third-order valence-corrected chi connectivity index (χ3v) is 10.1. The predicted octanol–water partition coefficient (Wildman–Crippen LogP) is -6.01. The van der Waals surface area contributed by atoms with Crippen molar-refractivity contribution in [3.8, 4) is 0 Å². The molecule has 412 valence electrons. The number of nitrogens with zero attached hydrogens (tertiary/aromatic N) is 7. The average Bonchev–Trinajstić information content (AvgIpc) is 3.68. The van der Waals surface area contributed by atoms with E-state index in [0.717, 1.165) is 6.42 Å². The Morgan fingerprint density at radius 1 is 0.644 bits per heavy atom. The molecular weight excluding hydrogens is 957 g/mol. The lowest BCUT2D eigenvalue weighted by Crippen LogP contribution is -2.61. The number of carboxylic acid groups (broad SMARTS) is 5. The van der Waals surface area contributed by atoms with Gasteiger partial charge in [-0.3, -0.25) is 9.59 Å². The lowest BCUT2D eigenvalue weighted by molar-refractivity contribution is -0.907. The van der Waals surface area contributed by atoms with Crippen molar-refractivity contribution >= 4 is 59.8 Å². The van der Waals surface area contributed by atoms with Gasteiger partial charge in [0.2, 0.25) is 18.1 Å². The molecule has 1 N–H and O–H groups in total. The van der Waals surface area contributed by atoms with Crippen LogP contribution in [0.4, 0.5) is 0 Å². The number of carboxylic acids is 5. The summed E-state index contributed by atoms with van der Waals surface area (Å²) >= 11 is 0. The first-order chi connectivity index (χ1) is 33.3. The highest BCUT2D eigenvalue weighted by molar-refractivity contribution is 5.92. The van der Waals surface area contributed by atoms with Crippen LogP contribution in [0.15, 0.2) is 73.9 Å². The number of amides is 2. The smallest absolute Gasteiger partial charge is 0.333 e. The van der Waals surface area contributed by atoms with Gasteiger partial charge in [-0.05, 0) is 27.7 Å². The molecule has 0 aliphatic carbocycles. The average molecular weight is 1040 g/mol. The molecule has 0 unspecified atom stereocenters. The topological polar surface area (TPSA) is 311 Å². The zero-order valence-corrected chi connectivity index (χ0v) is 44.8. The molecule has 2 rings (SSSR count). The van der Waals surface area contributed by atoms with E-state index >= 15 is 0 Å². The van der Waals surface area contributed by atoms with E-state index in [1.807, 2.05) is 21.1 Å². The maximum absolute atomic E-state index is 11.6. The van der Waals surface area contributed by atoms with Crippen molar-refractivity contribution in [3.05, 3.63) is 73.9 Å². The Balaban J connectivity index is -0.000000843. The van der Waals surface area contributed by atoms with Crippen molar-refractivity contribution in [2.75, 3.05) is 141 Å². The minimum atomic E-state index is -1.12. The van der Waals surface area contributed by atoms with E-state index in [1.165, 1.54) is 4.57 Å². The minimum Gasteiger partial charge on any atom is -0.546 e. The van der Waals surface area contributed by atoms with Gasteiger partial charge in [0.15, 0.2) is 0 Å². The van der Waals surface area contributed by atoms with Gasteiger partial charge in [-0.2, -0.15) is 0 Å². The second kappa shape index (κ2) is 34.4. The lowest BCUT2D eigenvalue weighted by Gasteiger charge is -2.42. The first-order valence-electron chi connectivity index (χ1n) is 22.8. The lowest BCUT2D eigenvalue weighted by atomic mass is 10.2. The molecule has 1 aliphatic heterocycles. The number of aliphatic carboxylic acids is 5. The summed E-state index contributed by atoms with van der Waals surface area (Å²) in [7, 11) is 12.4. The number of likely N-dealkylation sites (N-methyl/N-ethyl adjacent to an activating group) is 4. The number of aromatic nitrogens is 2. The number of esters is 2. The van der Waals surface area contributed by atoms with Crippen LogP contribution >= 0.6 is 0 Å². The first-order valence-corrected chi connectivity index (χ1v) is 22.8. The molecule has 1 aromatic rings. The second-order valence-corrected chi connectivity index (χ2v) is 19.5. The number of hydrogen-bond donors (Lipinski definition) is 1. The monoisotopic (exact) mass is 1040 g/mol. The van der Waals surface area contributed by atoms with Crippen molar-refractivity contribution in [2.45, 2.75) is 40.7 Å². The molecule has 0 aromatic carbocycles. The maximum atomic E-state index is 11.6. The fourth-order valence-corrected chi connectivity index (χ4v) is 5.81. The highest BCUT2D eigenvalue weighted by atomic mass is 16.5. The highest BCUT2D eigenvalue weighted by Crippen LogP contribution is 2.11. The van der Waals surface area contributed by atoms with Gasteiger partial charge in [0.1, 0.15) is 71.4 Å². The molecule has 0 saturated carbocycles. The van der Waals surface area contributed by atoms with E-state index in [2.05, 4.69) is 38.2 Å². The SMILES string of the molecule is C=C(C)C(=O)N1CC[N+](C)(CC(=O)[O-])CC1.C=C(C)C(=O)NCCC[N+](C)(C)CC(=O)[O-].C=C(C)C(=O)OCC[N+](C)(C)CC(=O)[O-].C=C(C)C(=O)OCC[N+](C)(C)CC(=O)[O-].C=Cn1cc[n+](CC(=O)[O-])c1. The Kier molecular flexibility index (Phi) is 33.1. The quantitative estimate of drug-likeness (QED) is 0.0313. The van der Waals surface area contributed by atoms with Crippen molar-refractivity contribution in [1.29, 1.82) is 0 Å². The maximum Gasteiger partial charge on any atom is 0.333 e. The van der Waals surface area contributed by atoms with Crippen LogP contribution in [-0.2, 0) is 59.2 Å². The van der Waals surface area contributed by atoms with E-state index in [9.17, 15) is 68.7 Å². The summed E-state index contributed by atoms with van der Waals surface area (Å²) in [5, 5.41) is 54.6. The third kappa shape index (κ3) is 38.4. The number of carbonyl (C=O) groups is 9. The normalized spacial score (nSPS) is 12.5. The molecule has 24 heteroatoms. The number of ether oxygens (including phenoxy) is 2. The number of rotatable bonds is 25. The summed E-state index contributed by atoms with van der Waals surface area (Å²) in [6, 6.07) is 0. The molecule has 0 spiro atoms. The summed E-state index contributed by atoms with van der Waals surface area (Å²) in [5.41, 5.74) is 1.67. The molecule has 1 aromatic heterocycles. The Hall–Kier alpha value is -7.02. The largest absolute Gasteiger partial charge is 0.546 e. The van der Waals surface area contributed by atoms with Gasteiger partial charge >= 0.3 is 11.9 Å². The van der Waals surface area contributed by atoms with Crippen LogP contribution in [0.25, 0.3) is 6.20 Å². The van der Waals surface area contributed by atoms with Gasteiger partial charge in [-0.1, -0.05) is 32.9 Å². The fraction of sp³-hybridized carbons (Fsp3) is 0.551. The van der Waals surface area contributed by atoms with Crippen LogP contribution in [0.5, 0.6) is 0 Å². The molecule has 1 fully saturated rings. The fourth-order valence-electron chi connectivity index (χ4n) is 5.81. The second-order valence-electron chi connectivity index (χ2n) is 19.5.